The third kappa shape index (κ3) is 2.29. The molecule has 64 valence electrons. The van der Waals surface area contributed by atoms with Crippen LogP contribution in [0.4, 0.5) is 0 Å². The van der Waals surface area contributed by atoms with Crippen LogP contribution in [-0.2, 0) is 9.59 Å². The predicted molar refractivity (Wildman–Crippen MR) is 44.9 cm³/mol. The fourth-order valence-electron chi connectivity index (χ4n) is 0.763. The van der Waals surface area contributed by atoms with E-state index in [9.17, 15) is 9.59 Å². The zero-order chi connectivity index (χ0) is 9.07. The molecule has 0 radical (unpaired) electrons. The van der Waals surface area contributed by atoms with Gasteiger partial charge in [0.1, 0.15) is 0 Å². The second-order valence-corrected chi connectivity index (χ2v) is 3.82. The molecule has 0 unspecified atom stereocenters. The number of hydrogen-bond acceptors (Lipinski definition) is 2. The molecule has 0 saturated heterocycles. The van der Waals surface area contributed by atoms with Crippen molar-refractivity contribution in [3.8, 4) is 0 Å². The maximum Gasteiger partial charge on any atom is 0.373 e. The first-order chi connectivity index (χ1) is 4.98. The van der Waals surface area contributed by atoms with Gasteiger partial charge in [0.15, 0.2) is 0 Å². The van der Waals surface area contributed by atoms with Gasteiger partial charge in [0, 0.05) is 0 Å². The number of halogens is 1. The lowest BCUT2D eigenvalue weighted by Gasteiger charge is -2.19. The van der Waals surface area contributed by atoms with E-state index in [1.165, 1.54) is 0 Å². The van der Waals surface area contributed by atoms with Crippen molar-refractivity contribution in [3.63, 3.8) is 0 Å². The van der Waals surface area contributed by atoms with Gasteiger partial charge in [0.05, 0.1) is 4.32 Å². The smallest absolute Gasteiger partial charge is 0.373 e. The average molecular weight is 223 g/mol. The lowest BCUT2D eigenvalue weighted by molar-refractivity contribution is -0.150. The van der Waals surface area contributed by atoms with E-state index in [0.29, 0.717) is 12.8 Å². The van der Waals surface area contributed by atoms with Crippen LogP contribution in [0.25, 0.3) is 0 Å². The number of alkyl halides is 1. The molecule has 0 rings (SSSR count). The van der Waals surface area contributed by atoms with Gasteiger partial charge in [-0.25, -0.2) is 4.79 Å². The van der Waals surface area contributed by atoms with E-state index in [4.69, 9.17) is 5.11 Å². The summed E-state index contributed by atoms with van der Waals surface area (Å²) in [6, 6.07) is 0. The van der Waals surface area contributed by atoms with E-state index in [0.717, 1.165) is 0 Å². The minimum Gasteiger partial charge on any atom is -0.475 e. The van der Waals surface area contributed by atoms with E-state index in [1.807, 2.05) is 0 Å². The molecule has 0 amide bonds. The molecule has 0 spiro atoms. The first kappa shape index (κ1) is 10.6. The summed E-state index contributed by atoms with van der Waals surface area (Å²) in [5.74, 6) is -2.13. The van der Waals surface area contributed by atoms with Crippen LogP contribution in [0.5, 0.6) is 0 Å². The van der Waals surface area contributed by atoms with Crippen molar-refractivity contribution in [2.24, 2.45) is 0 Å². The third-order valence-electron chi connectivity index (χ3n) is 1.72. The molecule has 0 aromatic carbocycles. The molecule has 0 fully saturated rings. The highest BCUT2D eigenvalue weighted by molar-refractivity contribution is 9.10. The van der Waals surface area contributed by atoms with Crippen LogP contribution in [0.15, 0.2) is 0 Å². The van der Waals surface area contributed by atoms with Gasteiger partial charge in [0.25, 0.3) is 5.78 Å². The van der Waals surface area contributed by atoms with E-state index in [1.54, 1.807) is 13.8 Å². The van der Waals surface area contributed by atoms with Crippen molar-refractivity contribution < 1.29 is 14.7 Å². The molecule has 0 aliphatic carbocycles. The normalized spacial score (nSPS) is 11.2. The standard InChI is InChI=1S/C7H11BrO3/c1-3-7(8,4-2)5(9)6(10)11/h3-4H2,1-2H3,(H,10,11). The molecule has 0 bridgehead atoms. The third-order valence-corrected chi connectivity index (χ3v) is 3.20. The van der Waals surface area contributed by atoms with Crippen molar-refractivity contribution in [2.75, 3.05) is 0 Å². The Labute approximate surface area is 73.9 Å². The lowest BCUT2D eigenvalue weighted by atomic mass is 9.98. The summed E-state index contributed by atoms with van der Waals surface area (Å²) < 4.78 is -0.862. The molecule has 0 aliphatic rings. The first-order valence-corrected chi connectivity index (χ1v) is 4.24. The fraction of sp³-hybridized carbons (Fsp3) is 0.714. The summed E-state index contributed by atoms with van der Waals surface area (Å²) in [6.07, 6.45) is 0.989. The Morgan fingerprint density at radius 3 is 1.82 bits per heavy atom. The Kier molecular flexibility index (Phi) is 3.72. The Hall–Kier alpha value is -0.380. The number of ketones is 1. The largest absolute Gasteiger partial charge is 0.475 e. The zero-order valence-corrected chi connectivity index (χ0v) is 8.14. The Morgan fingerprint density at radius 1 is 1.36 bits per heavy atom. The highest BCUT2D eigenvalue weighted by Gasteiger charge is 2.36. The second-order valence-electron chi connectivity index (χ2n) is 2.31. The first-order valence-electron chi connectivity index (χ1n) is 3.44. The van der Waals surface area contributed by atoms with E-state index in [2.05, 4.69) is 15.9 Å². The Bertz CT molecular complexity index is 173. The number of rotatable bonds is 4. The van der Waals surface area contributed by atoms with Gasteiger partial charge in [0.2, 0.25) is 0 Å². The van der Waals surface area contributed by atoms with E-state index in [-0.39, 0.29) is 0 Å². The van der Waals surface area contributed by atoms with Gasteiger partial charge >= 0.3 is 5.97 Å². The molecule has 1 N–H and O–H groups in total. The number of carboxylic acid groups (broad SMARTS) is 1. The topological polar surface area (TPSA) is 54.4 Å². The van der Waals surface area contributed by atoms with Gasteiger partial charge in [-0.1, -0.05) is 29.8 Å². The van der Waals surface area contributed by atoms with Gasteiger partial charge < -0.3 is 5.11 Å². The summed E-state index contributed by atoms with van der Waals surface area (Å²) in [7, 11) is 0. The van der Waals surface area contributed by atoms with Crippen LogP contribution in [0, 0.1) is 0 Å². The Morgan fingerprint density at radius 2 is 1.73 bits per heavy atom. The Balaban J connectivity index is 4.50. The predicted octanol–water partition coefficient (Wildman–Crippen LogP) is 1.59. The van der Waals surface area contributed by atoms with Crippen LogP contribution in [-0.4, -0.2) is 21.2 Å². The zero-order valence-electron chi connectivity index (χ0n) is 6.56. The number of aliphatic carboxylic acids is 1. The van der Waals surface area contributed by atoms with Crippen molar-refractivity contribution in [1.29, 1.82) is 0 Å². The van der Waals surface area contributed by atoms with Crippen molar-refractivity contribution in [2.45, 2.75) is 31.0 Å². The van der Waals surface area contributed by atoms with Gasteiger partial charge in [-0.05, 0) is 12.8 Å². The molecular formula is C7H11BrO3. The fourth-order valence-corrected chi connectivity index (χ4v) is 0.932. The number of carbonyl (C=O) groups is 2. The van der Waals surface area contributed by atoms with E-state index >= 15 is 0 Å². The van der Waals surface area contributed by atoms with Crippen molar-refractivity contribution in [1.82, 2.24) is 0 Å². The molecule has 0 saturated carbocycles. The SMILES string of the molecule is CCC(Br)(CC)C(=O)C(=O)O. The minimum absolute atomic E-state index is 0.495. The molecular weight excluding hydrogens is 212 g/mol. The average Bonchev–Trinajstić information content (AvgIpc) is 2.01. The van der Waals surface area contributed by atoms with Crippen LogP contribution in [0.3, 0.4) is 0 Å². The lowest BCUT2D eigenvalue weighted by Crippen LogP contribution is -2.36. The molecule has 0 atom stereocenters. The number of carboxylic acids is 1. The highest BCUT2D eigenvalue weighted by atomic mass is 79.9. The van der Waals surface area contributed by atoms with Crippen LogP contribution < -0.4 is 0 Å². The number of carbonyl (C=O) groups excluding carboxylic acids is 1. The summed E-state index contributed by atoms with van der Waals surface area (Å²) in [5.41, 5.74) is 0. The van der Waals surface area contributed by atoms with Crippen LogP contribution in [0.1, 0.15) is 26.7 Å². The molecule has 0 heterocycles. The van der Waals surface area contributed by atoms with Gasteiger partial charge in [-0.2, -0.15) is 0 Å². The number of Topliss-reactive ketones (excluding diaryl/α,β-unsaturated/α-hetero) is 1. The minimum atomic E-state index is -1.37. The van der Waals surface area contributed by atoms with Crippen molar-refractivity contribution >= 4 is 27.7 Å². The number of hydrogen-bond donors (Lipinski definition) is 1. The molecule has 11 heavy (non-hydrogen) atoms. The van der Waals surface area contributed by atoms with Gasteiger partial charge in [-0.3, -0.25) is 4.79 Å². The molecule has 4 heteroatoms. The monoisotopic (exact) mass is 222 g/mol. The summed E-state index contributed by atoms with van der Waals surface area (Å²) in [5, 5.41) is 8.40. The molecule has 0 aromatic rings. The molecule has 3 nitrogen and oxygen atoms in total. The highest BCUT2D eigenvalue weighted by Crippen LogP contribution is 2.27. The summed E-state index contributed by atoms with van der Waals surface area (Å²) in [4.78, 5) is 21.3. The summed E-state index contributed by atoms with van der Waals surface area (Å²) >= 11 is 3.12. The quantitative estimate of drug-likeness (QED) is 0.581. The van der Waals surface area contributed by atoms with Crippen molar-refractivity contribution in [3.05, 3.63) is 0 Å². The molecule has 0 aliphatic heterocycles. The molecule has 0 aromatic heterocycles. The second kappa shape index (κ2) is 3.85. The van der Waals surface area contributed by atoms with E-state index < -0.39 is 16.1 Å². The maximum atomic E-state index is 11.0. The van der Waals surface area contributed by atoms with Gasteiger partial charge in [-0.15, -0.1) is 0 Å². The summed E-state index contributed by atoms with van der Waals surface area (Å²) in [6.45, 7) is 3.55. The van der Waals surface area contributed by atoms with Crippen LogP contribution in [0.2, 0.25) is 0 Å². The maximum absolute atomic E-state index is 11.0. The van der Waals surface area contributed by atoms with Crippen LogP contribution >= 0.6 is 15.9 Å².